The molecule has 0 bridgehead atoms. The van der Waals surface area contributed by atoms with E-state index < -0.39 is 0 Å². The first kappa shape index (κ1) is 21.9. The number of nitrogens with two attached hydrogens (primary N) is 1. The lowest BCUT2D eigenvalue weighted by molar-refractivity contribution is -0.127. The molecular formula is C23H39N3O. The number of amides is 1. The molecule has 1 aliphatic carbocycles. The average Bonchev–Trinajstić information content (AvgIpc) is 2.65. The Morgan fingerprint density at radius 1 is 1.15 bits per heavy atom. The van der Waals surface area contributed by atoms with Crippen LogP contribution in [-0.4, -0.2) is 31.1 Å². The van der Waals surface area contributed by atoms with Crippen LogP contribution in [0.5, 0.6) is 0 Å². The van der Waals surface area contributed by atoms with Crippen LogP contribution in [0.3, 0.4) is 0 Å². The molecule has 4 heteroatoms. The third kappa shape index (κ3) is 8.44. The molecule has 4 nitrogen and oxygen atoms in total. The topological polar surface area (TPSA) is 67.1 Å². The molecular weight excluding hydrogens is 334 g/mol. The molecule has 1 saturated carbocycles. The quantitative estimate of drug-likeness (QED) is 0.519. The van der Waals surface area contributed by atoms with Gasteiger partial charge in [-0.1, -0.05) is 57.0 Å². The summed E-state index contributed by atoms with van der Waals surface area (Å²) in [6.45, 7) is 6.27. The van der Waals surface area contributed by atoms with E-state index in [0.717, 1.165) is 58.0 Å². The first-order valence-corrected chi connectivity index (χ1v) is 10.9. The second-order valence-electron chi connectivity index (χ2n) is 8.54. The maximum Gasteiger partial charge on any atom is 0.224 e. The highest BCUT2D eigenvalue weighted by Gasteiger charge is 2.29. The number of hydrogen-bond acceptors (Lipinski definition) is 3. The Morgan fingerprint density at radius 3 is 2.59 bits per heavy atom. The Labute approximate surface area is 165 Å². The van der Waals surface area contributed by atoms with Crippen LogP contribution in [0.25, 0.3) is 0 Å². The second-order valence-corrected chi connectivity index (χ2v) is 8.54. The molecule has 1 aliphatic rings. The van der Waals surface area contributed by atoms with Crippen LogP contribution in [0.4, 0.5) is 0 Å². The molecule has 27 heavy (non-hydrogen) atoms. The van der Waals surface area contributed by atoms with Crippen molar-refractivity contribution in [1.82, 2.24) is 10.6 Å². The molecule has 3 atom stereocenters. The van der Waals surface area contributed by atoms with Gasteiger partial charge in [-0.2, -0.15) is 0 Å². The van der Waals surface area contributed by atoms with Crippen LogP contribution in [0.2, 0.25) is 0 Å². The zero-order valence-electron chi connectivity index (χ0n) is 17.3. The predicted octanol–water partition coefficient (Wildman–Crippen LogP) is 3.65. The summed E-state index contributed by atoms with van der Waals surface area (Å²) in [5, 5.41) is 6.83. The molecule has 2 rings (SSSR count). The largest absolute Gasteiger partial charge is 0.352 e. The molecule has 1 aromatic rings. The van der Waals surface area contributed by atoms with Crippen molar-refractivity contribution in [2.75, 3.05) is 13.1 Å². The number of unbranched alkanes of at least 4 members (excludes halogenated alkanes) is 1. The van der Waals surface area contributed by atoms with E-state index >= 15 is 0 Å². The third-order valence-corrected chi connectivity index (χ3v) is 5.56. The van der Waals surface area contributed by atoms with Crippen molar-refractivity contribution in [2.45, 2.75) is 77.3 Å². The van der Waals surface area contributed by atoms with Gasteiger partial charge in [-0.05, 0) is 56.6 Å². The third-order valence-electron chi connectivity index (χ3n) is 5.56. The standard InChI is InChI=1S/C23H39N3O/c1-18(2)16-20(26-23(27)21-13-6-7-14-22(21)24)17-25-15-9-8-12-19-10-4-3-5-11-19/h3-5,10-11,18,20-22,25H,6-9,12-17,24H2,1-2H3,(H,26,27)/t20?,21-,22+/m1/s1. The summed E-state index contributed by atoms with van der Waals surface area (Å²) in [7, 11) is 0. The molecule has 0 aromatic heterocycles. The van der Waals surface area contributed by atoms with E-state index in [1.807, 2.05) is 0 Å². The van der Waals surface area contributed by atoms with E-state index in [1.165, 1.54) is 12.0 Å². The van der Waals surface area contributed by atoms with Gasteiger partial charge in [0.15, 0.2) is 0 Å². The van der Waals surface area contributed by atoms with E-state index in [2.05, 4.69) is 54.8 Å². The van der Waals surface area contributed by atoms with Crippen LogP contribution in [0, 0.1) is 11.8 Å². The predicted molar refractivity (Wildman–Crippen MR) is 114 cm³/mol. The summed E-state index contributed by atoms with van der Waals surface area (Å²) in [6, 6.07) is 10.9. The second kappa shape index (κ2) is 12.1. The van der Waals surface area contributed by atoms with Crippen LogP contribution in [-0.2, 0) is 11.2 Å². The molecule has 1 amide bonds. The molecule has 0 saturated heterocycles. The fourth-order valence-corrected chi connectivity index (χ4v) is 4.06. The Kier molecular flexibility index (Phi) is 9.85. The summed E-state index contributed by atoms with van der Waals surface area (Å²) in [5.74, 6) is 0.730. The monoisotopic (exact) mass is 373 g/mol. The van der Waals surface area contributed by atoms with Crippen molar-refractivity contribution >= 4 is 5.91 Å². The van der Waals surface area contributed by atoms with Gasteiger partial charge in [0.1, 0.15) is 0 Å². The Hall–Kier alpha value is -1.39. The maximum atomic E-state index is 12.7. The van der Waals surface area contributed by atoms with Gasteiger partial charge in [-0.25, -0.2) is 0 Å². The normalized spacial score (nSPS) is 21.2. The van der Waals surface area contributed by atoms with Gasteiger partial charge >= 0.3 is 0 Å². The minimum Gasteiger partial charge on any atom is -0.352 e. The van der Waals surface area contributed by atoms with E-state index in [-0.39, 0.29) is 23.9 Å². The summed E-state index contributed by atoms with van der Waals surface area (Å²) < 4.78 is 0. The Balaban J connectivity index is 1.68. The van der Waals surface area contributed by atoms with Gasteiger partial charge in [0.25, 0.3) is 0 Å². The maximum absolute atomic E-state index is 12.7. The van der Waals surface area contributed by atoms with Crippen LogP contribution in [0.15, 0.2) is 30.3 Å². The van der Waals surface area contributed by atoms with E-state index in [9.17, 15) is 4.79 Å². The first-order valence-electron chi connectivity index (χ1n) is 10.9. The summed E-state index contributed by atoms with van der Waals surface area (Å²) in [4.78, 5) is 12.7. The van der Waals surface area contributed by atoms with Gasteiger partial charge < -0.3 is 16.4 Å². The molecule has 0 spiro atoms. The summed E-state index contributed by atoms with van der Waals surface area (Å²) >= 11 is 0. The zero-order valence-corrected chi connectivity index (χ0v) is 17.3. The molecule has 1 fully saturated rings. The lowest BCUT2D eigenvalue weighted by atomic mass is 9.84. The van der Waals surface area contributed by atoms with Crippen molar-refractivity contribution in [3.63, 3.8) is 0 Å². The van der Waals surface area contributed by atoms with Crippen molar-refractivity contribution in [3.05, 3.63) is 35.9 Å². The lowest BCUT2D eigenvalue weighted by Gasteiger charge is -2.30. The highest BCUT2D eigenvalue weighted by molar-refractivity contribution is 5.79. The van der Waals surface area contributed by atoms with Crippen LogP contribution in [0.1, 0.15) is 64.4 Å². The Morgan fingerprint density at radius 2 is 1.89 bits per heavy atom. The van der Waals surface area contributed by atoms with Crippen molar-refractivity contribution in [2.24, 2.45) is 17.6 Å². The number of carbonyl (C=O) groups is 1. The number of aryl methyl sites for hydroxylation is 1. The first-order chi connectivity index (χ1) is 13.1. The lowest BCUT2D eigenvalue weighted by Crippen LogP contribution is -2.49. The molecule has 1 aromatic carbocycles. The molecule has 0 radical (unpaired) electrons. The number of carbonyl (C=O) groups excluding carboxylic acids is 1. The minimum absolute atomic E-state index is 0.000662. The van der Waals surface area contributed by atoms with Crippen molar-refractivity contribution < 1.29 is 4.79 Å². The average molecular weight is 374 g/mol. The van der Waals surface area contributed by atoms with Gasteiger partial charge in [-0.15, -0.1) is 0 Å². The fraction of sp³-hybridized carbons (Fsp3) is 0.696. The number of rotatable bonds is 11. The number of hydrogen-bond donors (Lipinski definition) is 3. The fourth-order valence-electron chi connectivity index (χ4n) is 4.06. The highest BCUT2D eigenvalue weighted by atomic mass is 16.2. The van der Waals surface area contributed by atoms with Gasteiger partial charge in [0, 0.05) is 18.6 Å². The number of benzene rings is 1. The smallest absolute Gasteiger partial charge is 0.224 e. The van der Waals surface area contributed by atoms with Gasteiger partial charge in [0.2, 0.25) is 5.91 Å². The van der Waals surface area contributed by atoms with E-state index in [0.29, 0.717) is 5.92 Å². The molecule has 152 valence electrons. The van der Waals surface area contributed by atoms with Crippen LogP contribution < -0.4 is 16.4 Å². The summed E-state index contributed by atoms with van der Waals surface area (Å²) in [6.07, 6.45) is 8.69. The molecule has 0 aliphatic heterocycles. The molecule has 1 unspecified atom stereocenters. The zero-order chi connectivity index (χ0) is 19.5. The van der Waals surface area contributed by atoms with Crippen LogP contribution >= 0.6 is 0 Å². The SMILES string of the molecule is CC(C)CC(CNCCCCc1ccccc1)NC(=O)[C@@H]1CCCC[C@@H]1N. The Bertz CT molecular complexity index is 532. The van der Waals surface area contributed by atoms with Crippen molar-refractivity contribution in [1.29, 1.82) is 0 Å². The van der Waals surface area contributed by atoms with Gasteiger partial charge in [0.05, 0.1) is 5.92 Å². The minimum atomic E-state index is -0.000662. The van der Waals surface area contributed by atoms with E-state index in [4.69, 9.17) is 5.73 Å². The van der Waals surface area contributed by atoms with Gasteiger partial charge in [-0.3, -0.25) is 4.79 Å². The molecule has 0 heterocycles. The van der Waals surface area contributed by atoms with Crippen molar-refractivity contribution in [3.8, 4) is 0 Å². The molecule has 4 N–H and O–H groups in total. The highest BCUT2D eigenvalue weighted by Crippen LogP contribution is 2.23. The number of nitrogens with one attached hydrogen (secondary N) is 2. The van der Waals surface area contributed by atoms with E-state index in [1.54, 1.807) is 0 Å². The summed E-state index contributed by atoms with van der Waals surface area (Å²) in [5.41, 5.74) is 7.59.